The lowest BCUT2D eigenvalue weighted by atomic mass is 9.63. The predicted octanol–water partition coefficient (Wildman–Crippen LogP) is 2.37. The van der Waals surface area contributed by atoms with Crippen LogP contribution in [0.4, 0.5) is 0 Å². The normalized spacial score (nSPS) is 49.5. The van der Waals surface area contributed by atoms with E-state index >= 15 is 0 Å². The van der Waals surface area contributed by atoms with Crippen LogP contribution in [0.1, 0.15) is 38.5 Å². The third-order valence-electron chi connectivity index (χ3n) is 6.64. The number of allylic oxidation sites excluding steroid dienone is 2. The second-order valence-corrected chi connectivity index (χ2v) is 7.49. The summed E-state index contributed by atoms with van der Waals surface area (Å²) in [5.74, 6) is 2.54. The minimum Gasteiger partial charge on any atom is -0.279 e. The number of likely N-dealkylation sites (tertiary alicyclic amines) is 1. The molecule has 3 saturated carbocycles. The molecule has 0 spiro atoms. The van der Waals surface area contributed by atoms with Crippen molar-refractivity contribution in [1.29, 1.82) is 0 Å². The van der Waals surface area contributed by atoms with Gasteiger partial charge in [0, 0.05) is 6.04 Å². The molecule has 106 valence electrons. The molecular formula is C17H21NO2. The lowest BCUT2D eigenvalue weighted by Crippen LogP contribution is -2.42. The molecule has 1 saturated heterocycles. The summed E-state index contributed by atoms with van der Waals surface area (Å²) in [6.07, 6.45) is 11.4. The first-order valence-electron chi connectivity index (χ1n) is 8.32. The van der Waals surface area contributed by atoms with Crippen molar-refractivity contribution < 1.29 is 9.59 Å². The third-order valence-corrected chi connectivity index (χ3v) is 6.64. The Morgan fingerprint density at radius 2 is 1.40 bits per heavy atom. The van der Waals surface area contributed by atoms with Gasteiger partial charge in [-0.05, 0) is 42.9 Å². The number of carbonyl (C=O) groups is 2. The summed E-state index contributed by atoms with van der Waals surface area (Å²) in [7, 11) is 0. The monoisotopic (exact) mass is 271 g/mol. The van der Waals surface area contributed by atoms with Crippen LogP contribution >= 0.6 is 0 Å². The molecule has 2 amide bonds. The smallest absolute Gasteiger partial charge is 0.233 e. The highest BCUT2D eigenvalue weighted by Gasteiger charge is 2.67. The molecule has 0 radical (unpaired) electrons. The van der Waals surface area contributed by atoms with Crippen LogP contribution in [-0.4, -0.2) is 22.8 Å². The van der Waals surface area contributed by atoms with E-state index in [-0.39, 0.29) is 29.7 Å². The van der Waals surface area contributed by atoms with E-state index in [0.29, 0.717) is 23.7 Å². The Hall–Kier alpha value is -1.12. The van der Waals surface area contributed by atoms with Gasteiger partial charge in [-0.1, -0.05) is 31.4 Å². The van der Waals surface area contributed by atoms with E-state index in [1.807, 2.05) is 0 Å². The van der Waals surface area contributed by atoms with Gasteiger partial charge in [0.2, 0.25) is 11.8 Å². The van der Waals surface area contributed by atoms with Gasteiger partial charge in [-0.15, -0.1) is 0 Å². The number of carbonyl (C=O) groups excluding carboxylic acids is 2. The highest BCUT2D eigenvalue weighted by molar-refractivity contribution is 6.06. The average molecular weight is 271 g/mol. The topological polar surface area (TPSA) is 37.4 Å². The zero-order chi connectivity index (χ0) is 13.4. The first kappa shape index (κ1) is 11.5. The van der Waals surface area contributed by atoms with Gasteiger partial charge in [-0.3, -0.25) is 14.5 Å². The van der Waals surface area contributed by atoms with Gasteiger partial charge in [-0.25, -0.2) is 0 Å². The van der Waals surface area contributed by atoms with Crippen molar-refractivity contribution in [1.82, 2.24) is 4.90 Å². The van der Waals surface area contributed by atoms with Gasteiger partial charge >= 0.3 is 0 Å². The summed E-state index contributed by atoms with van der Waals surface area (Å²) >= 11 is 0. The van der Waals surface area contributed by atoms with E-state index in [9.17, 15) is 9.59 Å². The molecule has 3 heteroatoms. The molecule has 6 atom stereocenters. The van der Waals surface area contributed by atoms with Crippen LogP contribution in [0.5, 0.6) is 0 Å². The number of amides is 2. The van der Waals surface area contributed by atoms with Crippen LogP contribution in [0.2, 0.25) is 0 Å². The molecule has 6 rings (SSSR count). The van der Waals surface area contributed by atoms with Crippen molar-refractivity contribution in [3.05, 3.63) is 12.2 Å². The maximum Gasteiger partial charge on any atom is 0.233 e. The fourth-order valence-corrected chi connectivity index (χ4v) is 5.68. The summed E-state index contributed by atoms with van der Waals surface area (Å²) in [5.41, 5.74) is 0. The lowest BCUT2D eigenvalue weighted by Gasteiger charge is -2.37. The lowest BCUT2D eigenvalue weighted by molar-refractivity contribution is -0.143. The molecule has 3 nitrogen and oxygen atoms in total. The molecule has 5 aliphatic carbocycles. The van der Waals surface area contributed by atoms with Crippen molar-refractivity contribution in [3.63, 3.8) is 0 Å². The van der Waals surface area contributed by atoms with Crippen molar-refractivity contribution in [2.45, 2.75) is 44.6 Å². The molecule has 0 aromatic rings. The summed E-state index contributed by atoms with van der Waals surface area (Å²) < 4.78 is 0. The summed E-state index contributed by atoms with van der Waals surface area (Å²) in [5, 5.41) is 0. The highest BCUT2D eigenvalue weighted by Crippen LogP contribution is 2.65. The Balaban J connectivity index is 1.50. The Kier molecular flexibility index (Phi) is 2.16. The molecule has 1 heterocycles. The van der Waals surface area contributed by atoms with Crippen molar-refractivity contribution in [3.8, 4) is 0 Å². The van der Waals surface area contributed by atoms with Crippen LogP contribution < -0.4 is 0 Å². The largest absolute Gasteiger partial charge is 0.279 e. The molecule has 0 aromatic heterocycles. The molecule has 0 aromatic carbocycles. The summed E-state index contributed by atoms with van der Waals surface area (Å²) in [4.78, 5) is 27.5. The first-order valence-corrected chi connectivity index (χ1v) is 8.32. The van der Waals surface area contributed by atoms with Crippen LogP contribution in [0.15, 0.2) is 12.2 Å². The highest BCUT2D eigenvalue weighted by atomic mass is 16.2. The van der Waals surface area contributed by atoms with Gasteiger partial charge in [0.25, 0.3) is 0 Å². The maximum absolute atomic E-state index is 12.9. The Labute approximate surface area is 119 Å². The predicted molar refractivity (Wildman–Crippen MR) is 73.4 cm³/mol. The Bertz CT molecular complexity index is 483. The second-order valence-electron chi connectivity index (χ2n) is 7.49. The molecule has 0 unspecified atom stereocenters. The van der Waals surface area contributed by atoms with Gasteiger partial charge in [-0.2, -0.15) is 0 Å². The molecule has 20 heavy (non-hydrogen) atoms. The Morgan fingerprint density at radius 1 is 0.850 bits per heavy atom. The van der Waals surface area contributed by atoms with E-state index in [2.05, 4.69) is 12.2 Å². The van der Waals surface area contributed by atoms with Gasteiger partial charge in [0.1, 0.15) is 0 Å². The number of nitrogens with zero attached hydrogens (tertiary/aromatic N) is 1. The zero-order valence-corrected chi connectivity index (χ0v) is 11.7. The van der Waals surface area contributed by atoms with Crippen molar-refractivity contribution >= 4 is 11.8 Å². The SMILES string of the molecule is O=C1[C@@H]2[C@H]3C=C[C@@H]([C@H]4C[C@@H]34)[C@@H]2C(=O)N1C1CCCCC1. The van der Waals surface area contributed by atoms with E-state index < -0.39 is 0 Å². The van der Waals surface area contributed by atoms with Crippen LogP contribution in [-0.2, 0) is 9.59 Å². The van der Waals surface area contributed by atoms with E-state index in [4.69, 9.17) is 0 Å². The van der Waals surface area contributed by atoms with Crippen molar-refractivity contribution in [2.24, 2.45) is 35.5 Å². The van der Waals surface area contributed by atoms with Gasteiger partial charge < -0.3 is 0 Å². The van der Waals surface area contributed by atoms with Gasteiger partial charge in [0.05, 0.1) is 11.8 Å². The van der Waals surface area contributed by atoms with Crippen LogP contribution in [0, 0.1) is 35.5 Å². The second kappa shape index (κ2) is 3.75. The molecule has 1 aliphatic heterocycles. The maximum atomic E-state index is 12.9. The minimum absolute atomic E-state index is 0.00294. The number of hydrogen-bond acceptors (Lipinski definition) is 2. The standard InChI is InChI=1S/C17H21NO2/c19-16-14-10-6-7-11(13-8-12(10)13)15(14)17(20)18(16)9-4-2-1-3-5-9/h6-7,9-15H,1-5,8H2/t10-,11-,12-,13+,14+,15-/m0/s1. The molecule has 2 bridgehead atoms. The quantitative estimate of drug-likeness (QED) is 0.542. The number of rotatable bonds is 1. The first-order chi connectivity index (χ1) is 9.77. The fraction of sp³-hybridized carbons (Fsp3) is 0.765. The van der Waals surface area contributed by atoms with E-state index in [1.54, 1.807) is 4.90 Å². The molecule has 0 N–H and O–H groups in total. The molecule has 4 fully saturated rings. The number of imide groups is 1. The van der Waals surface area contributed by atoms with Gasteiger partial charge in [0.15, 0.2) is 0 Å². The fourth-order valence-electron chi connectivity index (χ4n) is 5.68. The van der Waals surface area contributed by atoms with Crippen LogP contribution in [0.25, 0.3) is 0 Å². The summed E-state index contributed by atoms with van der Waals surface area (Å²) in [6.45, 7) is 0. The van der Waals surface area contributed by atoms with Crippen molar-refractivity contribution in [2.75, 3.05) is 0 Å². The minimum atomic E-state index is 0.00294. The Morgan fingerprint density at radius 3 is 1.95 bits per heavy atom. The zero-order valence-electron chi connectivity index (χ0n) is 11.7. The number of hydrogen-bond donors (Lipinski definition) is 0. The third kappa shape index (κ3) is 1.27. The van der Waals surface area contributed by atoms with E-state index in [1.165, 1.54) is 25.7 Å². The molecule has 6 aliphatic rings. The average Bonchev–Trinajstić information content (AvgIpc) is 3.25. The summed E-state index contributed by atoms with van der Waals surface area (Å²) in [6, 6.07) is 0.213. The van der Waals surface area contributed by atoms with Crippen LogP contribution in [0.3, 0.4) is 0 Å². The van der Waals surface area contributed by atoms with E-state index in [0.717, 1.165) is 12.8 Å². The molecular weight excluding hydrogens is 250 g/mol.